The molecule has 80 valence electrons. The van der Waals surface area contributed by atoms with Crippen molar-refractivity contribution in [1.29, 1.82) is 0 Å². The van der Waals surface area contributed by atoms with Crippen LogP contribution in [0.2, 0.25) is 0 Å². The second-order valence-electron chi connectivity index (χ2n) is 5.64. The van der Waals surface area contributed by atoms with E-state index in [-0.39, 0.29) is 0 Å². The van der Waals surface area contributed by atoms with E-state index in [0.717, 1.165) is 5.92 Å². The zero-order chi connectivity index (χ0) is 9.88. The minimum absolute atomic E-state index is 0.664. The first-order valence-corrected chi connectivity index (χ1v) is 6.11. The molecule has 2 heterocycles. The molecule has 15 heavy (non-hydrogen) atoms. The van der Waals surface area contributed by atoms with Crippen molar-refractivity contribution in [2.45, 2.75) is 37.6 Å². The third kappa shape index (κ3) is 1.13. The van der Waals surface area contributed by atoms with Crippen LogP contribution in [-0.2, 0) is 0 Å². The Hall–Kier alpha value is -0.830. The van der Waals surface area contributed by atoms with Gasteiger partial charge in [0.05, 0.1) is 6.04 Å². The van der Waals surface area contributed by atoms with E-state index in [0.29, 0.717) is 11.5 Å². The van der Waals surface area contributed by atoms with Crippen LogP contribution < -0.4 is 5.32 Å². The summed E-state index contributed by atoms with van der Waals surface area (Å²) in [5.41, 5.74) is 2.17. The lowest BCUT2D eigenvalue weighted by molar-refractivity contribution is 0.00117. The van der Waals surface area contributed by atoms with Crippen LogP contribution in [0.15, 0.2) is 12.3 Å². The molecule has 2 saturated carbocycles. The summed E-state index contributed by atoms with van der Waals surface area (Å²) in [6.45, 7) is 2.48. The van der Waals surface area contributed by atoms with Crippen molar-refractivity contribution in [2.75, 3.05) is 13.1 Å². The van der Waals surface area contributed by atoms with E-state index in [9.17, 15) is 0 Å². The van der Waals surface area contributed by atoms with Gasteiger partial charge in [0.25, 0.3) is 0 Å². The highest BCUT2D eigenvalue weighted by Gasteiger charge is 2.50. The van der Waals surface area contributed by atoms with Gasteiger partial charge >= 0.3 is 0 Å². The molecule has 2 aliphatic carbocycles. The molecular weight excluding hydrogens is 186 g/mol. The molecule has 1 aliphatic heterocycles. The van der Waals surface area contributed by atoms with Crippen LogP contribution in [0.25, 0.3) is 0 Å². The maximum atomic E-state index is 4.52. The van der Waals surface area contributed by atoms with E-state index in [1.54, 1.807) is 0 Å². The smallest absolute Gasteiger partial charge is 0.0535 e. The zero-order valence-electron chi connectivity index (χ0n) is 8.95. The molecule has 1 aromatic rings. The van der Waals surface area contributed by atoms with Gasteiger partial charge < -0.3 is 5.32 Å². The van der Waals surface area contributed by atoms with Crippen LogP contribution in [-0.4, -0.2) is 22.9 Å². The molecule has 1 saturated heterocycles. The van der Waals surface area contributed by atoms with Crippen LogP contribution in [0, 0.1) is 5.41 Å². The van der Waals surface area contributed by atoms with Gasteiger partial charge in [0.2, 0.25) is 0 Å². The van der Waals surface area contributed by atoms with Crippen molar-refractivity contribution < 1.29 is 0 Å². The SMILES string of the molecule is c1cc(C2CC2)n(C2CC3(CNC3)C2)n1. The van der Waals surface area contributed by atoms with Gasteiger partial charge in [0, 0.05) is 30.9 Å². The summed E-state index contributed by atoms with van der Waals surface area (Å²) in [4.78, 5) is 0. The lowest BCUT2D eigenvalue weighted by atomic mass is 9.61. The summed E-state index contributed by atoms with van der Waals surface area (Å²) >= 11 is 0. The summed E-state index contributed by atoms with van der Waals surface area (Å²) < 4.78 is 2.32. The summed E-state index contributed by atoms with van der Waals surface area (Å²) in [6, 6.07) is 2.93. The van der Waals surface area contributed by atoms with Gasteiger partial charge in [-0.2, -0.15) is 5.10 Å². The molecule has 3 heteroatoms. The van der Waals surface area contributed by atoms with Crippen molar-refractivity contribution in [3.05, 3.63) is 18.0 Å². The molecule has 1 spiro atoms. The third-order valence-electron chi connectivity index (χ3n) is 4.38. The monoisotopic (exact) mass is 203 g/mol. The average Bonchev–Trinajstić information content (AvgIpc) is 2.82. The largest absolute Gasteiger partial charge is 0.316 e. The summed E-state index contributed by atoms with van der Waals surface area (Å²) in [7, 11) is 0. The Kier molecular flexibility index (Phi) is 1.47. The van der Waals surface area contributed by atoms with Crippen molar-refractivity contribution in [1.82, 2.24) is 15.1 Å². The van der Waals surface area contributed by atoms with E-state index < -0.39 is 0 Å². The predicted octanol–water partition coefficient (Wildman–Crippen LogP) is 1.68. The number of hydrogen-bond acceptors (Lipinski definition) is 2. The van der Waals surface area contributed by atoms with E-state index in [4.69, 9.17) is 0 Å². The molecule has 3 nitrogen and oxygen atoms in total. The fourth-order valence-electron chi connectivity index (χ4n) is 3.21. The molecule has 0 aromatic carbocycles. The van der Waals surface area contributed by atoms with Crippen LogP contribution in [0.1, 0.15) is 43.3 Å². The quantitative estimate of drug-likeness (QED) is 0.792. The van der Waals surface area contributed by atoms with Gasteiger partial charge in [0.15, 0.2) is 0 Å². The maximum absolute atomic E-state index is 4.52. The fraction of sp³-hybridized carbons (Fsp3) is 0.750. The van der Waals surface area contributed by atoms with Gasteiger partial charge in [0.1, 0.15) is 0 Å². The second kappa shape index (κ2) is 2.64. The third-order valence-corrected chi connectivity index (χ3v) is 4.38. The lowest BCUT2D eigenvalue weighted by Gasteiger charge is -2.54. The van der Waals surface area contributed by atoms with E-state index in [2.05, 4.69) is 21.2 Å². The van der Waals surface area contributed by atoms with Gasteiger partial charge in [-0.05, 0) is 37.2 Å². The highest BCUT2D eigenvalue weighted by atomic mass is 15.3. The highest BCUT2D eigenvalue weighted by molar-refractivity contribution is 5.17. The van der Waals surface area contributed by atoms with E-state index in [1.807, 2.05) is 6.20 Å². The zero-order valence-corrected chi connectivity index (χ0v) is 8.95. The normalized spacial score (nSPS) is 28.8. The topological polar surface area (TPSA) is 29.9 Å². The standard InChI is InChI=1S/C12H17N3/c1-2-9(1)11-3-4-14-15(11)10-5-12(6-10)7-13-8-12/h3-4,9-10,13H,1-2,5-8H2. The number of rotatable bonds is 2. The number of nitrogens with one attached hydrogen (secondary N) is 1. The minimum Gasteiger partial charge on any atom is -0.316 e. The van der Waals surface area contributed by atoms with Gasteiger partial charge in [-0.25, -0.2) is 0 Å². The lowest BCUT2D eigenvalue weighted by Crippen LogP contribution is -2.60. The Bertz CT molecular complexity index is 379. The van der Waals surface area contributed by atoms with Crippen molar-refractivity contribution in [3.63, 3.8) is 0 Å². The average molecular weight is 203 g/mol. The number of nitrogens with zero attached hydrogens (tertiary/aromatic N) is 2. The summed E-state index contributed by atoms with van der Waals surface area (Å²) in [6.07, 6.45) is 7.44. The summed E-state index contributed by atoms with van der Waals surface area (Å²) in [5.74, 6) is 0.837. The first-order valence-electron chi connectivity index (χ1n) is 6.11. The minimum atomic E-state index is 0.664. The first kappa shape index (κ1) is 8.34. The molecular formula is C12H17N3. The second-order valence-corrected chi connectivity index (χ2v) is 5.64. The van der Waals surface area contributed by atoms with Crippen molar-refractivity contribution >= 4 is 0 Å². The Labute approximate surface area is 89.9 Å². The maximum Gasteiger partial charge on any atom is 0.0535 e. The van der Waals surface area contributed by atoms with Crippen LogP contribution in [0.5, 0.6) is 0 Å². The Morgan fingerprint density at radius 3 is 2.73 bits per heavy atom. The Balaban J connectivity index is 1.54. The van der Waals surface area contributed by atoms with Crippen LogP contribution in [0.4, 0.5) is 0 Å². The molecule has 0 radical (unpaired) electrons. The molecule has 0 bridgehead atoms. The number of hydrogen-bond donors (Lipinski definition) is 1. The molecule has 3 fully saturated rings. The van der Waals surface area contributed by atoms with E-state index in [1.165, 1.54) is 44.5 Å². The van der Waals surface area contributed by atoms with E-state index >= 15 is 0 Å². The van der Waals surface area contributed by atoms with Gasteiger partial charge in [-0.3, -0.25) is 4.68 Å². The molecule has 4 rings (SSSR count). The molecule has 0 unspecified atom stereocenters. The number of aromatic nitrogens is 2. The van der Waals surface area contributed by atoms with Crippen molar-refractivity contribution in [3.8, 4) is 0 Å². The molecule has 0 atom stereocenters. The summed E-state index contributed by atoms with van der Waals surface area (Å²) in [5, 5.41) is 7.91. The fourth-order valence-corrected chi connectivity index (χ4v) is 3.21. The molecule has 1 aromatic heterocycles. The molecule has 0 amide bonds. The Morgan fingerprint density at radius 1 is 1.33 bits per heavy atom. The predicted molar refractivity (Wildman–Crippen MR) is 57.8 cm³/mol. The molecule has 1 N–H and O–H groups in total. The Morgan fingerprint density at radius 2 is 2.13 bits per heavy atom. The molecule has 3 aliphatic rings. The van der Waals surface area contributed by atoms with Crippen LogP contribution >= 0.6 is 0 Å². The van der Waals surface area contributed by atoms with Gasteiger partial charge in [-0.15, -0.1) is 0 Å². The van der Waals surface area contributed by atoms with Gasteiger partial charge in [-0.1, -0.05) is 0 Å². The van der Waals surface area contributed by atoms with Crippen LogP contribution in [0.3, 0.4) is 0 Å². The van der Waals surface area contributed by atoms with Crippen molar-refractivity contribution in [2.24, 2.45) is 5.41 Å². The first-order chi connectivity index (χ1) is 7.36. The highest BCUT2D eigenvalue weighted by Crippen LogP contribution is 2.52.